The fourth-order valence-corrected chi connectivity index (χ4v) is 2.21. The Morgan fingerprint density at radius 2 is 1.95 bits per heavy atom. The summed E-state index contributed by atoms with van der Waals surface area (Å²) in [6.07, 6.45) is 2.65. The van der Waals surface area contributed by atoms with Gasteiger partial charge >= 0.3 is 0 Å². The first-order valence-corrected chi connectivity index (χ1v) is 7.88. The van der Waals surface area contributed by atoms with Gasteiger partial charge in [0.15, 0.2) is 0 Å². The molecule has 0 saturated carbocycles. The summed E-state index contributed by atoms with van der Waals surface area (Å²) in [5.41, 5.74) is 0.834. The second-order valence-electron chi connectivity index (χ2n) is 5.10. The molecular weight excluding hydrogens is 302 g/mol. The van der Waals surface area contributed by atoms with Crippen molar-refractivity contribution in [2.24, 2.45) is 0 Å². The molecule has 1 N–H and O–H groups in total. The molecule has 0 aliphatic heterocycles. The summed E-state index contributed by atoms with van der Waals surface area (Å²) in [5.74, 6) is 0.983. The van der Waals surface area contributed by atoms with Gasteiger partial charge in [0, 0.05) is 29.5 Å². The second-order valence-corrected chi connectivity index (χ2v) is 5.54. The van der Waals surface area contributed by atoms with Gasteiger partial charge in [-0.2, -0.15) is 4.98 Å². The average Bonchev–Trinajstić information content (AvgIpc) is 3.00. The predicted molar refractivity (Wildman–Crippen MR) is 85.6 cm³/mol. The number of benzene rings is 1. The number of amides is 1. The largest absolute Gasteiger partial charge is 0.353 e. The molecule has 0 aliphatic rings. The third kappa shape index (κ3) is 4.56. The van der Waals surface area contributed by atoms with Crippen LogP contribution in [-0.4, -0.2) is 22.1 Å². The highest BCUT2D eigenvalue weighted by molar-refractivity contribution is 6.30. The molecule has 0 atom stereocenters. The minimum atomic E-state index is 0.0138. The van der Waals surface area contributed by atoms with Crippen molar-refractivity contribution in [1.29, 1.82) is 0 Å². The van der Waals surface area contributed by atoms with E-state index in [-0.39, 0.29) is 11.9 Å². The normalized spacial score (nSPS) is 10.9. The van der Waals surface area contributed by atoms with Crippen LogP contribution in [0.2, 0.25) is 5.02 Å². The Balaban J connectivity index is 1.89. The van der Waals surface area contributed by atoms with Gasteiger partial charge in [-0.15, -0.1) is 0 Å². The smallest absolute Gasteiger partial charge is 0.227 e. The molecule has 5 nitrogen and oxygen atoms in total. The first kappa shape index (κ1) is 16.5. The summed E-state index contributed by atoms with van der Waals surface area (Å²) in [6.45, 7) is 4.12. The van der Waals surface area contributed by atoms with Crippen molar-refractivity contribution in [3.63, 3.8) is 0 Å². The van der Waals surface area contributed by atoms with Gasteiger partial charge in [0.25, 0.3) is 0 Å². The van der Waals surface area contributed by atoms with Gasteiger partial charge in [-0.1, -0.05) is 30.6 Å². The Labute approximate surface area is 135 Å². The fraction of sp³-hybridized carbons (Fsp3) is 0.438. The van der Waals surface area contributed by atoms with Gasteiger partial charge in [0.2, 0.25) is 17.6 Å². The lowest BCUT2D eigenvalue weighted by molar-refractivity contribution is -0.121. The highest BCUT2D eigenvalue weighted by atomic mass is 35.5. The van der Waals surface area contributed by atoms with Crippen molar-refractivity contribution in [3.05, 3.63) is 35.2 Å². The molecule has 0 aliphatic carbocycles. The highest BCUT2D eigenvalue weighted by Crippen LogP contribution is 2.18. The van der Waals surface area contributed by atoms with E-state index in [2.05, 4.69) is 29.3 Å². The zero-order valence-electron chi connectivity index (χ0n) is 12.8. The molecule has 6 heteroatoms. The quantitative estimate of drug-likeness (QED) is 0.845. The minimum absolute atomic E-state index is 0.0138. The molecule has 0 bridgehead atoms. The van der Waals surface area contributed by atoms with Crippen LogP contribution in [-0.2, 0) is 11.2 Å². The SMILES string of the molecule is CCC(CC)NC(=O)CCc1nc(-c2ccc(Cl)cc2)no1. The van der Waals surface area contributed by atoms with Crippen LogP contribution in [0.4, 0.5) is 0 Å². The number of aromatic nitrogens is 2. The van der Waals surface area contributed by atoms with Crippen molar-refractivity contribution in [2.45, 2.75) is 45.6 Å². The van der Waals surface area contributed by atoms with Gasteiger partial charge in [-0.05, 0) is 37.1 Å². The van der Waals surface area contributed by atoms with Gasteiger partial charge in [-0.25, -0.2) is 0 Å². The lowest BCUT2D eigenvalue weighted by Crippen LogP contribution is -2.33. The van der Waals surface area contributed by atoms with Crippen LogP contribution in [0.1, 0.15) is 39.0 Å². The fourth-order valence-electron chi connectivity index (χ4n) is 2.09. The van der Waals surface area contributed by atoms with Crippen LogP contribution in [0.25, 0.3) is 11.4 Å². The van der Waals surface area contributed by atoms with E-state index in [9.17, 15) is 4.79 Å². The molecule has 0 fully saturated rings. The maximum Gasteiger partial charge on any atom is 0.227 e. The molecule has 0 saturated heterocycles. The number of halogens is 1. The molecule has 0 spiro atoms. The van der Waals surface area contributed by atoms with Crippen molar-refractivity contribution in [3.8, 4) is 11.4 Å². The molecule has 0 radical (unpaired) electrons. The third-order valence-corrected chi connectivity index (χ3v) is 3.74. The van der Waals surface area contributed by atoms with E-state index in [1.807, 2.05) is 12.1 Å². The lowest BCUT2D eigenvalue weighted by atomic mass is 10.1. The number of hydrogen-bond donors (Lipinski definition) is 1. The number of carbonyl (C=O) groups excluding carboxylic acids is 1. The molecular formula is C16H20ClN3O2. The maximum atomic E-state index is 11.8. The van der Waals surface area contributed by atoms with Crippen LogP contribution < -0.4 is 5.32 Å². The van der Waals surface area contributed by atoms with E-state index < -0.39 is 0 Å². The summed E-state index contributed by atoms with van der Waals surface area (Å²) in [5, 5.41) is 7.57. The van der Waals surface area contributed by atoms with Crippen LogP contribution in [0.15, 0.2) is 28.8 Å². The molecule has 0 unspecified atom stereocenters. The Morgan fingerprint density at radius 1 is 1.27 bits per heavy atom. The summed E-state index contributed by atoms with van der Waals surface area (Å²) in [7, 11) is 0. The molecule has 2 aromatic rings. The zero-order valence-corrected chi connectivity index (χ0v) is 13.6. The van der Waals surface area contributed by atoms with Gasteiger partial charge in [0.1, 0.15) is 0 Å². The molecule has 1 amide bonds. The number of nitrogens with one attached hydrogen (secondary N) is 1. The number of hydrogen-bond acceptors (Lipinski definition) is 4. The standard InChI is InChI=1S/C16H20ClN3O2/c1-3-13(4-2)18-14(21)9-10-15-19-16(20-22-15)11-5-7-12(17)8-6-11/h5-8,13H,3-4,9-10H2,1-2H3,(H,18,21). The molecule has 1 aromatic carbocycles. The van der Waals surface area contributed by atoms with E-state index in [4.69, 9.17) is 16.1 Å². The van der Waals surface area contributed by atoms with Crippen LogP contribution >= 0.6 is 11.6 Å². The van der Waals surface area contributed by atoms with Gasteiger partial charge in [0.05, 0.1) is 0 Å². The summed E-state index contributed by atoms with van der Waals surface area (Å²) in [4.78, 5) is 16.1. The summed E-state index contributed by atoms with van der Waals surface area (Å²) < 4.78 is 5.18. The monoisotopic (exact) mass is 321 g/mol. The summed E-state index contributed by atoms with van der Waals surface area (Å²) >= 11 is 5.85. The molecule has 2 rings (SSSR count). The Bertz CT molecular complexity index is 606. The zero-order chi connectivity index (χ0) is 15.9. The average molecular weight is 322 g/mol. The van der Waals surface area contributed by atoms with Gasteiger partial charge in [-0.3, -0.25) is 4.79 Å². The number of carbonyl (C=O) groups is 1. The predicted octanol–water partition coefficient (Wildman–Crippen LogP) is 3.63. The molecule has 118 valence electrons. The Morgan fingerprint density at radius 3 is 2.59 bits per heavy atom. The number of nitrogens with zero attached hydrogens (tertiary/aromatic N) is 2. The molecule has 1 aromatic heterocycles. The number of rotatable bonds is 7. The third-order valence-electron chi connectivity index (χ3n) is 3.49. The van der Waals surface area contributed by atoms with Crippen LogP contribution in [0.3, 0.4) is 0 Å². The first-order valence-electron chi connectivity index (χ1n) is 7.50. The van der Waals surface area contributed by atoms with E-state index in [0.29, 0.717) is 29.6 Å². The van der Waals surface area contributed by atoms with Gasteiger partial charge < -0.3 is 9.84 Å². The lowest BCUT2D eigenvalue weighted by Gasteiger charge is -2.13. The van der Waals surface area contributed by atoms with Crippen molar-refractivity contribution >= 4 is 17.5 Å². The highest BCUT2D eigenvalue weighted by Gasteiger charge is 2.12. The van der Waals surface area contributed by atoms with Crippen molar-refractivity contribution in [1.82, 2.24) is 15.5 Å². The molecule has 1 heterocycles. The second kappa shape index (κ2) is 7.94. The number of aryl methyl sites for hydroxylation is 1. The maximum absolute atomic E-state index is 11.8. The van der Waals surface area contributed by atoms with E-state index >= 15 is 0 Å². The summed E-state index contributed by atoms with van der Waals surface area (Å²) in [6, 6.07) is 7.44. The van der Waals surface area contributed by atoms with Crippen LogP contribution in [0.5, 0.6) is 0 Å². The first-order chi connectivity index (χ1) is 10.6. The van der Waals surface area contributed by atoms with Crippen molar-refractivity contribution < 1.29 is 9.32 Å². The van der Waals surface area contributed by atoms with E-state index in [1.165, 1.54) is 0 Å². The topological polar surface area (TPSA) is 68.0 Å². The Hall–Kier alpha value is -1.88. The van der Waals surface area contributed by atoms with E-state index in [0.717, 1.165) is 18.4 Å². The molecule has 22 heavy (non-hydrogen) atoms. The Kier molecular flexibility index (Phi) is 5.95. The van der Waals surface area contributed by atoms with Crippen molar-refractivity contribution in [2.75, 3.05) is 0 Å². The minimum Gasteiger partial charge on any atom is -0.353 e. The van der Waals surface area contributed by atoms with Crippen LogP contribution in [0, 0.1) is 0 Å². The van der Waals surface area contributed by atoms with E-state index in [1.54, 1.807) is 12.1 Å².